The van der Waals surface area contributed by atoms with Crippen LogP contribution in [0.1, 0.15) is 33.6 Å². The van der Waals surface area contributed by atoms with E-state index in [-0.39, 0.29) is 35.9 Å². The molecule has 5 atom stereocenters. The van der Waals surface area contributed by atoms with Gasteiger partial charge in [0.1, 0.15) is 12.2 Å². The molecule has 2 aliphatic carbocycles. The monoisotopic (exact) mass is 336 g/mol. The van der Waals surface area contributed by atoms with Crippen LogP contribution in [0.4, 0.5) is 0 Å². The molecule has 0 spiro atoms. The standard InChI is InChI=1S/C20H16O5/c21-9-10-5-6-14(13-4-2-1-3-12(10)13)19(22)24-17-11-7-15-16(8-11)20(23)25-18(15)17/h1-6,9,11,15-18H,7-8H2. The molecule has 3 fully saturated rings. The summed E-state index contributed by atoms with van der Waals surface area (Å²) in [7, 11) is 0. The van der Waals surface area contributed by atoms with E-state index in [1.54, 1.807) is 12.1 Å². The highest BCUT2D eigenvalue weighted by Crippen LogP contribution is 2.55. The predicted molar refractivity (Wildman–Crippen MR) is 88.1 cm³/mol. The fourth-order valence-electron chi connectivity index (χ4n) is 4.85. The number of fused-ring (bicyclic) bond motifs is 2. The maximum Gasteiger partial charge on any atom is 0.339 e. The molecule has 1 heterocycles. The Bertz CT molecular complexity index is 917. The summed E-state index contributed by atoms with van der Waals surface area (Å²) in [6.07, 6.45) is 1.78. The van der Waals surface area contributed by atoms with Gasteiger partial charge in [-0.25, -0.2) is 4.79 Å². The number of aldehydes is 1. The van der Waals surface area contributed by atoms with E-state index in [9.17, 15) is 14.4 Å². The summed E-state index contributed by atoms with van der Waals surface area (Å²) in [6.45, 7) is 0. The highest BCUT2D eigenvalue weighted by Gasteiger charge is 2.63. The lowest BCUT2D eigenvalue weighted by atomic mass is 9.88. The Balaban J connectivity index is 1.47. The number of carbonyl (C=O) groups is 3. The Hall–Kier alpha value is -2.69. The highest BCUT2D eigenvalue weighted by molar-refractivity contribution is 6.09. The van der Waals surface area contributed by atoms with Gasteiger partial charge in [0.25, 0.3) is 0 Å². The summed E-state index contributed by atoms with van der Waals surface area (Å²) in [4.78, 5) is 35.9. The summed E-state index contributed by atoms with van der Waals surface area (Å²) in [5.74, 6) is -0.166. The Morgan fingerprint density at radius 1 is 1.12 bits per heavy atom. The third kappa shape index (κ3) is 1.98. The van der Waals surface area contributed by atoms with Gasteiger partial charge in [0, 0.05) is 17.4 Å². The van der Waals surface area contributed by atoms with Crippen LogP contribution in [0.25, 0.3) is 10.8 Å². The van der Waals surface area contributed by atoms with Crippen LogP contribution in [-0.4, -0.2) is 30.4 Å². The average molecular weight is 336 g/mol. The van der Waals surface area contributed by atoms with Gasteiger partial charge in [0.2, 0.25) is 0 Å². The van der Waals surface area contributed by atoms with Gasteiger partial charge in [0.05, 0.1) is 11.5 Å². The minimum Gasteiger partial charge on any atom is -0.458 e. The molecule has 1 aliphatic heterocycles. The summed E-state index contributed by atoms with van der Waals surface area (Å²) < 4.78 is 11.2. The molecular weight excluding hydrogens is 320 g/mol. The maximum atomic E-state index is 12.8. The van der Waals surface area contributed by atoms with Gasteiger partial charge in [-0.1, -0.05) is 30.3 Å². The molecule has 3 aliphatic rings. The molecule has 1 saturated heterocycles. The Labute approximate surface area is 143 Å². The zero-order valence-electron chi connectivity index (χ0n) is 13.4. The molecule has 2 aromatic rings. The van der Waals surface area contributed by atoms with Crippen molar-refractivity contribution in [3.63, 3.8) is 0 Å². The Morgan fingerprint density at radius 2 is 1.92 bits per heavy atom. The van der Waals surface area contributed by atoms with Crippen LogP contribution < -0.4 is 0 Å². The van der Waals surface area contributed by atoms with Crippen molar-refractivity contribution >= 4 is 29.0 Å². The van der Waals surface area contributed by atoms with Crippen molar-refractivity contribution < 1.29 is 23.9 Å². The minimum absolute atomic E-state index is 0.00217. The average Bonchev–Trinajstić information content (AvgIpc) is 3.25. The normalized spacial score (nSPS) is 32.0. The molecule has 2 saturated carbocycles. The lowest BCUT2D eigenvalue weighted by Crippen LogP contribution is -2.36. The third-order valence-electron chi connectivity index (χ3n) is 5.96. The molecule has 2 bridgehead atoms. The molecule has 126 valence electrons. The first kappa shape index (κ1) is 14.6. The molecule has 0 N–H and O–H groups in total. The van der Waals surface area contributed by atoms with Crippen LogP contribution in [0.5, 0.6) is 0 Å². The van der Waals surface area contributed by atoms with E-state index in [0.717, 1.165) is 24.5 Å². The first-order valence-electron chi connectivity index (χ1n) is 8.56. The molecule has 5 unspecified atom stereocenters. The van der Waals surface area contributed by atoms with E-state index < -0.39 is 5.97 Å². The molecule has 0 aromatic heterocycles. The smallest absolute Gasteiger partial charge is 0.339 e. The Kier molecular flexibility index (Phi) is 3.02. The van der Waals surface area contributed by atoms with E-state index in [1.165, 1.54) is 0 Å². The van der Waals surface area contributed by atoms with Crippen LogP contribution in [0.15, 0.2) is 36.4 Å². The van der Waals surface area contributed by atoms with Crippen LogP contribution in [0.2, 0.25) is 0 Å². The lowest BCUT2D eigenvalue weighted by Gasteiger charge is -2.25. The fraction of sp³-hybridized carbons (Fsp3) is 0.350. The number of esters is 2. The summed E-state index contributed by atoms with van der Waals surface area (Å²) in [5, 5.41) is 1.42. The number of benzene rings is 2. The highest BCUT2D eigenvalue weighted by atomic mass is 16.6. The third-order valence-corrected chi connectivity index (χ3v) is 5.96. The fourth-order valence-corrected chi connectivity index (χ4v) is 4.85. The van der Waals surface area contributed by atoms with Crippen molar-refractivity contribution in [1.29, 1.82) is 0 Å². The SMILES string of the molecule is O=Cc1ccc(C(=O)OC2C3CC4C(=O)OC2C4C3)c2ccccc12. The number of ether oxygens (including phenoxy) is 2. The first-order valence-corrected chi connectivity index (χ1v) is 8.56. The number of hydrogen-bond donors (Lipinski definition) is 0. The van der Waals surface area contributed by atoms with E-state index >= 15 is 0 Å². The van der Waals surface area contributed by atoms with Gasteiger partial charge in [-0.2, -0.15) is 0 Å². The van der Waals surface area contributed by atoms with Gasteiger partial charge in [0.15, 0.2) is 6.29 Å². The van der Waals surface area contributed by atoms with Gasteiger partial charge in [-0.15, -0.1) is 0 Å². The second kappa shape index (κ2) is 5.15. The lowest BCUT2D eigenvalue weighted by molar-refractivity contribution is -0.146. The summed E-state index contributed by atoms with van der Waals surface area (Å²) in [6, 6.07) is 10.6. The van der Waals surface area contributed by atoms with Gasteiger partial charge >= 0.3 is 11.9 Å². The number of hydrogen-bond acceptors (Lipinski definition) is 5. The van der Waals surface area contributed by atoms with E-state index in [2.05, 4.69) is 0 Å². The van der Waals surface area contributed by atoms with Crippen molar-refractivity contribution in [3.05, 3.63) is 47.5 Å². The van der Waals surface area contributed by atoms with Crippen molar-refractivity contribution in [1.82, 2.24) is 0 Å². The predicted octanol–water partition coefficient (Wildman–Crippen LogP) is 2.76. The van der Waals surface area contributed by atoms with E-state index in [0.29, 0.717) is 16.5 Å². The van der Waals surface area contributed by atoms with E-state index in [1.807, 2.05) is 24.3 Å². The van der Waals surface area contributed by atoms with Gasteiger partial charge in [-0.05, 0) is 29.7 Å². The van der Waals surface area contributed by atoms with Crippen molar-refractivity contribution in [2.75, 3.05) is 0 Å². The molecule has 5 rings (SSSR count). The molecule has 2 aromatic carbocycles. The maximum absolute atomic E-state index is 12.8. The molecule has 25 heavy (non-hydrogen) atoms. The van der Waals surface area contributed by atoms with Crippen molar-refractivity contribution in [3.8, 4) is 0 Å². The zero-order chi connectivity index (χ0) is 17.1. The topological polar surface area (TPSA) is 69.7 Å². The number of carbonyl (C=O) groups excluding carboxylic acids is 3. The van der Waals surface area contributed by atoms with Gasteiger partial charge < -0.3 is 9.47 Å². The molecule has 0 radical (unpaired) electrons. The van der Waals surface area contributed by atoms with Crippen LogP contribution in [-0.2, 0) is 14.3 Å². The summed E-state index contributed by atoms with van der Waals surface area (Å²) >= 11 is 0. The molecule has 5 nitrogen and oxygen atoms in total. The Morgan fingerprint density at radius 3 is 2.72 bits per heavy atom. The number of rotatable bonds is 3. The van der Waals surface area contributed by atoms with Gasteiger partial charge in [-0.3, -0.25) is 9.59 Å². The van der Waals surface area contributed by atoms with Crippen molar-refractivity contribution in [2.24, 2.45) is 17.8 Å². The van der Waals surface area contributed by atoms with Crippen LogP contribution in [0, 0.1) is 17.8 Å². The summed E-state index contributed by atoms with van der Waals surface area (Å²) in [5.41, 5.74) is 0.976. The molecule has 0 amide bonds. The van der Waals surface area contributed by atoms with Crippen LogP contribution in [0.3, 0.4) is 0 Å². The zero-order valence-corrected chi connectivity index (χ0v) is 13.4. The van der Waals surface area contributed by atoms with E-state index in [4.69, 9.17) is 9.47 Å². The first-order chi connectivity index (χ1) is 12.2. The molecular formula is C20H16O5. The minimum atomic E-state index is -0.425. The second-order valence-corrected chi connectivity index (χ2v) is 7.14. The largest absolute Gasteiger partial charge is 0.458 e. The quantitative estimate of drug-likeness (QED) is 0.637. The van der Waals surface area contributed by atoms with Crippen molar-refractivity contribution in [2.45, 2.75) is 25.0 Å². The second-order valence-electron chi connectivity index (χ2n) is 7.14. The van der Waals surface area contributed by atoms with Crippen LogP contribution >= 0.6 is 0 Å². The molecule has 5 heteroatoms.